The molecule has 2 aliphatic heterocycles. The molecule has 5 nitrogen and oxygen atoms in total. The van der Waals surface area contributed by atoms with Crippen LogP contribution in [0.15, 0.2) is 0 Å². The number of nitrogens with one attached hydrogen (secondary N) is 1. The molecule has 2 rings (SSSR count). The van der Waals surface area contributed by atoms with Gasteiger partial charge in [0.1, 0.15) is 0 Å². The quantitative estimate of drug-likeness (QED) is 0.517. The van der Waals surface area contributed by atoms with Crippen molar-refractivity contribution in [1.29, 1.82) is 0 Å². The van der Waals surface area contributed by atoms with Crippen LogP contribution in [0, 0.1) is 0 Å². The van der Waals surface area contributed by atoms with Crippen molar-refractivity contribution < 1.29 is 9.90 Å². The molecule has 0 radical (unpaired) electrons. The minimum atomic E-state index is -0.328. The Hall–Kier alpha value is -0.650. The lowest BCUT2D eigenvalue weighted by molar-refractivity contribution is -0.136. The van der Waals surface area contributed by atoms with Crippen LogP contribution in [0.2, 0.25) is 0 Å². The molecule has 2 aliphatic rings. The van der Waals surface area contributed by atoms with Crippen molar-refractivity contribution in [3.63, 3.8) is 0 Å². The molecule has 0 spiro atoms. The molecule has 1 amide bonds. The third kappa shape index (κ3) is 1.75. The Morgan fingerprint density at radius 2 is 2.21 bits per heavy atom. The van der Waals surface area contributed by atoms with Crippen molar-refractivity contribution in [1.82, 2.24) is 15.1 Å². The summed E-state index contributed by atoms with van der Waals surface area (Å²) in [5, 5.41) is 12.8. The second kappa shape index (κ2) is 3.84. The van der Waals surface area contributed by atoms with Crippen molar-refractivity contribution in [3.8, 4) is 0 Å². The number of rotatable bonds is 1. The first-order valence-corrected chi connectivity index (χ1v) is 5.05. The van der Waals surface area contributed by atoms with Crippen LogP contribution in [0.4, 0.5) is 0 Å². The van der Waals surface area contributed by atoms with E-state index in [0.717, 1.165) is 19.6 Å². The first-order chi connectivity index (χ1) is 6.68. The van der Waals surface area contributed by atoms with Gasteiger partial charge in [-0.25, -0.2) is 0 Å². The summed E-state index contributed by atoms with van der Waals surface area (Å²) >= 11 is 0. The fourth-order valence-electron chi connectivity index (χ4n) is 2.08. The zero-order chi connectivity index (χ0) is 10.1. The van der Waals surface area contributed by atoms with E-state index in [4.69, 9.17) is 0 Å². The number of piperazine rings is 1. The molecule has 14 heavy (non-hydrogen) atoms. The van der Waals surface area contributed by atoms with Gasteiger partial charge < -0.3 is 15.3 Å². The van der Waals surface area contributed by atoms with Crippen molar-refractivity contribution >= 4 is 5.91 Å². The van der Waals surface area contributed by atoms with Crippen LogP contribution in [-0.2, 0) is 4.79 Å². The van der Waals surface area contributed by atoms with Gasteiger partial charge in [-0.05, 0) is 0 Å². The van der Waals surface area contributed by atoms with E-state index >= 15 is 0 Å². The van der Waals surface area contributed by atoms with Crippen molar-refractivity contribution in [2.24, 2.45) is 0 Å². The molecular formula is C9H17N3O2. The number of hydrogen-bond acceptors (Lipinski definition) is 4. The largest absolute Gasteiger partial charge is 0.390 e. The maximum Gasteiger partial charge on any atom is 0.236 e. The monoisotopic (exact) mass is 199 g/mol. The van der Waals surface area contributed by atoms with Gasteiger partial charge >= 0.3 is 0 Å². The number of amides is 1. The molecule has 0 aliphatic carbocycles. The Bertz CT molecular complexity index is 234. The van der Waals surface area contributed by atoms with Crippen LogP contribution in [0.25, 0.3) is 0 Å². The molecular weight excluding hydrogens is 182 g/mol. The summed E-state index contributed by atoms with van der Waals surface area (Å²) in [5.41, 5.74) is 0. The molecule has 0 bridgehead atoms. The smallest absolute Gasteiger partial charge is 0.236 e. The van der Waals surface area contributed by atoms with Crippen LogP contribution in [-0.4, -0.2) is 72.7 Å². The number of hydrogen-bond donors (Lipinski definition) is 2. The maximum atomic E-state index is 11.5. The van der Waals surface area contributed by atoms with Crippen LogP contribution >= 0.6 is 0 Å². The average Bonchev–Trinajstić information content (AvgIpc) is 2.57. The highest BCUT2D eigenvalue weighted by atomic mass is 16.3. The predicted octanol–water partition coefficient (Wildman–Crippen LogP) is -1.91. The molecule has 0 saturated carbocycles. The molecule has 0 unspecified atom stereocenters. The zero-order valence-electron chi connectivity index (χ0n) is 8.44. The topological polar surface area (TPSA) is 55.8 Å². The van der Waals surface area contributed by atoms with E-state index in [-0.39, 0.29) is 18.1 Å². The highest BCUT2D eigenvalue weighted by Gasteiger charge is 2.34. The first kappa shape index (κ1) is 9.89. The molecule has 0 aromatic carbocycles. The zero-order valence-corrected chi connectivity index (χ0v) is 8.44. The lowest BCUT2D eigenvalue weighted by atomic mass is 10.1. The van der Waals surface area contributed by atoms with Gasteiger partial charge in [0.25, 0.3) is 0 Å². The highest BCUT2D eigenvalue weighted by Crippen LogP contribution is 2.12. The molecule has 80 valence electrons. The molecule has 0 aromatic heterocycles. The minimum absolute atomic E-state index is 0.118. The van der Waals surface area contributed by atoms with Gasteiger partial charge in [0.15, 0.2) is 0 Å². The summed E-state index contributed by atoms with van der Waals surface area (Å²) < 4.78 is 0. The van der Waals surface area contributed by atoms with Crippen molar-refractivity contribution in [2.75, 3.05) is 39.8 Å². The normalized spacial score (nSPS) is 35.3. The SMILES string of the molecule is CN1CCN([C@@H]2CNC[C@H]2O)CC1=O. The molecule has 2 saturated heterocycles. The van der Waals surface area contributed by atoms with Crippen molar-refractivity contribution in [3.05, 3.63) is 0 Å². The van der Waals surface area contributed by atoms with E-state index in [2.05, 4.69) is 10.2 Å². The van der Waals surface area contributed by atoms with Gasteiger partial charge in [0, 0.05) is 39.3 Å². The summed E-state index contributed by atoms with van der Waals surface area (Å²) in [7, 11) is 1.82. The number of aliphatic hydroxyl groups excluding tert-OH is 1. The van der Waals surface area contributed by atoms with E-state index in [0.29, 0.717) is 13.1 Å². The molecule has 2 atom stereocenters. The standard InChI is InChI=1S/C9H17N3O2/c1-11-2-3-12(6-9(11)14)7-4-10-5-8(7)13/h7-8,10,13H,2-6H2,1H3/t7-,8-/m1/s1. The molecule has 2 heterocycles. The van der Waals surface area contributed by atoms with E-state index < -0.39 is 0 Å². The van der Waals surface area contributed by atoms with Crippen LogP contribution < -0.4 is 5.32 Å². The maximum absolute atomic E-state index is 11.5. The summed E-state index contributed by atoms with van der Waals surface area (Å²) in [6.07, 6.45) is -0.328. The molecule has 2 N–H and O–H groups in total. The fourth-order valence-corrected chi connectivity index (χ4v) is 2.08. The second-order valence-corrected chi connectivity index (χ2v) is 4.08. The van der Waals surface area contributed by atoms with Crippen LogP contribution in [0.1, 0.15) is 0 Å². The number of nitrogens with zero attached hydrogens (tertiary/aromatic N) is 2. The Kier molecular flexibility index (Phi) is 2.71. The van der Waals surface area contributed by atoms with Gasteiger partial charge in [-0.3, -0.25) is 9.69 Å². The Labute approximate surface area is 83.7 Å². The number of likely N-dealkylation sites (N-methyl/N-ethyl adjacent to an activating group) is 1. The van der Waals surface area contributed by atoms with Gasteiger partial charge in [-0.2, -0.15) is 0 Å². The minimum Gasteiger partial charge on any atom is -0.390 e. The first-order valence-electron chi connectivity index (χ1n) is 5.05. The lowest BCUT2D eigenvalue weighted by Crippen LogP contribution is -2.55. The Morgan fingerprint density at radius 1 is 1.43 bits per heavy atom. The van der Waals surface area contributed by atoms with Gasteiger partial charge in [-0.1, -0.05) is 0 Å². The van der Waals surface area contributed by atoms with Gasteiger partial charge in [0.2, 0.25) is 5.91 Å². The van der Waals surface area contributed by atoms with Crippen LogP contribution in [0.5, 0.6) is 0 Å². The van der Waals surface area contributed by atoms with E-state index in [1.165, 1.54) is 0 Å². The third-order valence-corrected chi connectivity index (χ3v) is 3.11. The Morgan fingerprint density at radius 3 is 2.79 bits per heavy atom. The summed E-state index contributed by atoms with van der Waals surface area (Å²) in [6.45, 7) is 3.51. The lowest BCUT2D eigenvalue weighted by Gasteiger charge is -2.36. The third-order valence-electron chi connectivity index (χ3n) is 3.11. The van der Waals surface area contributed by atoms with E-state index in [1.54, 1.807) is 4.90 Å². The highest BCUT2D eigenvalue weighted by molar-refractivity contribution is 5.78. The number of aliphatic hydroxyl groups is 1. The summed E-state index contributed by atoms with van der Waals surface area (Å²) in [6, 6.07) is 0.118. The number of β-amino-alcohol motifs (C(OH)–C–C–N with tert-alkyl or cyclic N) is 1. The number of carbonyl (C=O) groups is 1. The molecule has 0 aromatic rings. The Balaban J connectivity index is 1.95. The second-order valence-electron chi connectivity index (χ2n) is 4.08. The van der Waals surface area contributed by atoms with E-state index in [9.17, 15) is 9.90 Å². The molecule has 5 heteroatoms. The number of carbonyl (C=O) groups excluding carboxylic acids is 1. The van der Waals surface area contributed by atoms with Gasteiger partial charge in [-0.15, -0.1) is 0 Å². The average molecular weight is 199 g/mol. The fraction of sp³-hybridized carbons (Fsp3) is 0.889. The summed E-state index contributed by atoms with van der Waals surface area (Å²) in [4.78, 5) is 15.3. The van der Waals surface area contributed by atoms with Gasteiger partial charge in [0.05, 0.1) is 12.6 Å². The molecule has 2 fully saturated rings. The van der Waals surface area contributed by atoms with Crippen molar-refractivity contribution in [2.45, 2.75) is 12.1 Å². The summed E-state index contributed by atoms with van der Waals surface area (Å²) in [5.74, 6) is 0.148. The predicted molar refractivity (Wildman–Crippen MR) is 51.9 cm³/mol. The van der Waals surface area contributed by atoms with E-state index in [1.807, 2.05) is 7.05 Å². The van der Waals surface area contributed by atoms with Crippen LogP contribution in [0.3, 0.4) is 0 Å².